The van der Waals surface area contributed by atoms with E-state index in [2.05, 4.69) is 6.92 Å². The lowest BCUT2D eigenvalue weighted by Crippen LogP contribution is -2.53. The smallest absolute Gasteiger partial charge is 0.262 e. The number of likely N-dealkylation sites (tertiary alicyclic amines) is 1. The minimum absolute atomic E-state index is 0. The zero-order valence-corrected chi connectivity index (χ0v) is 16.2. The van der Waals surface area contributed by atoms with E-state index >= 15 is 0 Å². The van der Waals surface area contributed by atoms with Crippen LogP contribution in [-0.2, 0) is 4.79 Å². The average Bonchev–Trinajstić information content (AvgIpc) is 3.10. The molecule has 0 saturated carbocycles. The molecule has 142 valence electrons. The normalized spacial score (nSPS) is 23.3. The van der Waals surface area contributed by atoms with Gasteiger partial charge >= 0.3 is 0 Å². The van der Waals surface area contributed by atoms with E-state index in [0.717, 1.165) is 11.3 Å². The number of benzene rings is 1. The van der Waals surface area contributed by atoms with Crippen molar-refractivity contribution in [3.63, 3.8) is 0 Å². The Morgan fingerprint density at radius 1 is 1.19 bits per heavy atom. The van der Waals surface area contributed by atoms with E-state index in [1.165, 1.54) is 0 Å². The lowest BCUT2D eigenvalue weighted by Gasteiger charge is -2.32. The maximum Gasteiger partial charge on any atom is 0.262 e. The summed E-state index contributed by atoms with van der Waals surface area (Å²) in [7, 11) is 0. The molecule has 2 aliphatic rings. The molecule has 2 heterocycles. The van der Waals surface area contributed by atoms with Crippen molar-refractivity contribution in [3.8, 4) is 0 Å². The van der Waals surface area contributed by atoms with Crippen molar-refractivity contribution in [3.05, 3.63) is 35.4 Å². The zero-order chi connectivity index (χ0) is 18.4. The van der Waals surface area contributed by atoms with Crippen LogP contribution < -0.4 is 5.73 Å². The van der Waals surface area contributed by atoms with Gasteiger partial charge in [-0.2, -0.15) is 0 Å². The molecule has 0 bridgehead atoms. The number of fused-ring (bicyclic) bond motifs is 1. The maximum absolute atomic E-state index is 13.2. The Kier molecular flexibility index (Phi) is 5.78. The van der Waals surface area contributed by atoms with Crippen molar-refractivity contribution >= 4 is 30.1 Å². The van der Waals surface area contributed by atoms with E-state index in [-0.39, 0.29) is 41.5 Å². The first kappa shape index (κ1) is 20.4. The summed E-state index contributed by atoms with van der Waals surface area (Å²) in [4.78, 5) is 41.6. The number of carbonyl (C=O) groups is 3. The molecule has 6 nitrogen and oxygen atoms in total. The SMILES string of the molecule is CC(C)C(C(=O)N1CCC(C)(CN)C1)N1C(=O)c2ccccc2C1=O.Cl. The molecular formula is C19H26ClN3O3. The van der Waals surface area contributed by atoms with E-state index in [0.29, 0.717) is 30.8 Å². The number of imide groups is 1. The van der Waals surface area contributed by atoms with Gasteiger partial charge in [0.2, 0.25) is 5.91 Å². The molecular weight excluding hydrogens is 354 g/mol. The molecule has 3 rings (SSSR count). The summed E-state index contributed by atoms with van der Waals surface area (Å²) < 4.78 is 0. The van der Waals surface area contributed by atoms with Gasteiger partial charge in [-0.25, -0.2) is 0 Å². The largest absolute Gasteiger partial charge is 0.340 e. The molecule has 1 aromatic carbocycles. The molecule has 0 aliphatic carbocycles. The second-order valence-electron chi connectivity index (χ2n) is 7.74. The van der Waals surface area contributed by atoms with Crippen molar-refractivity contribution in [1.82, 2.24) is 9.80 Å². The Morgan fingerprint density at radius 3 is 2.15 bits per heavy atom. The molecule has 0 radical (unpaired) electrons. The third kappa shape index (κ3) is 3.23. The Morgan fingerprint density at radius 2 is 1.73 bits per heavy atom. The molecule has 1 fully saturated rings. The molecule has 2 atom stereocenters. The number of carbonyl (C=O) groups excluding carboxylic acids is 3. The van der Waals surface area contributed by atoms with Gasteiger partial charge in [0.15, 0.2) is 0 Å². The minimum atomic E-state index is -0.785. The van der Waals surface area contributed by atoms with Crippen LogP contribution in [0.3, 0.4) is 0 Å². The Hall–Kier alpha value is -1.92. The highest BCUT2D eigenvalue weighted by molar-refractivity contribution is 6.22. The minimum Gasteiger partial charge on any atom is -0.340 e. The number of amides is 3. The third-order valence-electron chi connectivity index (χ3n) is 5.35. The van der Waals surface area contributed by atoms with Gasteiger partial charge in [0, 0.05) is 13.1 Å². The van der Waals surface area contributed by atoms with Crippen LogP contribution in [0.5, 0.6) is 0 Å². The molecule has 1 aromatic rings. The van der Waals surface area contributed by atoms with Gasteiger partial charge in [0.1, 0.15) is 6.04 Å². The van der Waals surface area contributed by atoms with E-state index in [9.17, 15) is 14.4 Å². The number of rotatable bonds is 4. The number of hydrogen-bond donors (Lipinski definition) is 1. The first-order chi connectivity index (χ1) is 11.8. The maximum atomic E-state index is 13.2. The lowest BCUT2D eigenvalue weighted by molar-refractivity contribution is -0.136. The van der Waals surface area contributed by atoms with Crippen molar-refractivity contribution < 1.29 is 14.4 Å². The van der Waals surface area contributed by atoms with E-state index in [1.807, 2.05) is 13.8 Å². The highest BCUT2D eigenvalue weighted by atomic mass is 35.5. The van der Waals surface area contributed by atoms with Crippen LogP contribution in [-0.4, -0.2) is 53.2 Å². The van der Waals surface area contributed by atoms with Crippen molar-refractivity contribution in [1.29, 1.82) is 0 Å². The summed E-state index contributed by atoms with van der Waals surface area (Å²) in [5.41, 5.74) is 6.48. The first-order valence-electron chi connectivity index (χ1n) is 8.75. The zero-order valence-electron chi connectivity index (χ0n) is 15.4. The van der Waals surface area contributed by atoms with Gasteiger partial charge in [0.25, 0.3) is 11.8 Å². The molecule has 2 N–H and O–H groups in total. The highest BCUT2D eigenvalue weighted by Gasteiger charge is 2.46. The number of halogens is 1. The number of hydrogen-bond acceptors (Lipinski definition) is 4. The highest BCUT2D eigenvalue weighted by Crippen LogP contribution is 2.32. The Balaban J connectivity index is 0.00000243. The second-order valence-corrected chi connectivity index (χ2v) is 7.74. The fourth-order valence-corrected chi connectivity index (χ4v) is 3.72. The summed E-state index contributed by atoms with van der Waals surface area (Å²) >= 11 is 0. The number of nitrogens with zero attached hydrogens (tertiary/aromatic N) is 2. The molecule has 0 aromatic heterocycles. The molecule has 1 saturated heterocycles. The Bertz CT molecular complexity index is 701. The van der Waals surface area contributed by atoms with Crippen LogP contribution >= 0.6 is 12.4 Å². The van der Waals surface area contributed by atoms with Crippen LogP contribution in [0.2, 0.25) is 0 Å². The van der Waals surface area contributed by atoms with Gasteiger partial charge in [-0.1, -0.05) is 32.9 Å². The molecule has 3 amide bonds. The van der Waals surface area contributed by atoms with Gasteiger partial charge in [-0.15, -0.1) is 12.4 Å². The second kappa shape index (κ2) is 7.37. The monoisotopic (exact) mass is 379 g/mol. The molecule has 2 aliphatic heterocycles. The lowest BCUT2D eigenvalue weighted by atomic mass is 9.90. The fourth-order valence-electron chi connectivity index (χ4n) is 3.72. The summed E-state index contributed by atoms with van der Waals surface area (Å²) in [6.45, 7) is 7.48. The fraction of sp³-hybridized carbons (Fsp3) is 0.526. The van der Waals surface area contributed by atoms with Crippen molar-refractivity contribution in [2.75, 3.05) is 19.6 Å². The van der Waals surface area contributed by atoms with Crippen LogP contribution in [0.15, 0.2) is 24.3 Å². The van der Waals surface area contributed by atoms with E-state index in [1.54, 1.807) is 29.2 Å². The summed E-state index contributed by atoms with van der Waals surface area (Å²) in [5, 5.41) is 0. The third-order valence-corrected chi connectivity index (χ3v) is 5.35. The molecule has 2 unspecified atom stereocenters. The summed E-state index contributed by atoms with van der Waals surface area (Å²) in [5.74, 6) is -1.09. The Labute approximate surface area is 160 Å². The van der Waals surface area contributed by atoms with E-state index < -0.39 is 6.04 Å². The van der Waals surface area contributed by atoms with Gasteiger partial charge in [-0.3, -0.25) is 19.3 Å². The first-order valence-corrected chi connectivity index (χ1v) is 8.75. The summed E-state index contributed by atoms with van der Waals surface area (Å²) in [6.07, 6.45) is 0.835. The topological polar surface area (TPSA) is 83.7 Å². The predicted molar refractivity (Wildman–Crippen MR) is 101 cm³/mol. The molecule has 7 heteroatoms. The van der Waals surface area contributed by atoms with Crippen LogP contribution in [0.4, 0.5) is 0 Å². The quantitative estimate of drug-likeness (QED) is 0.810. The van der Waals surface area contributed by atoms with Crippen LogP contribution in [0, 0.1) is 11.3 Å². The van der Waals surface area contributed by atoms with Gasteiger partial charge in [-0.05, 0) is 36.4 Å². The van der Waals surface area contributed by atoms with Crippen LogP contribution in [0.1, 0.15) is 47.9 Å². The average molecular weight is 380 g/mol. The van der Waals surface area contributed by atoms with Gasteiger partial charge in [0.05, 0.1) is 11.1 Å². The van der Waals surface area contributed by atoms with Gasteiger partial charge < -0.3 is 10.6 Å². The molecule has 0 spiro atoms. The standard InChI is InChI=1S/C19H25N3O3.ClH/c1-12(2)15(18(25)21-9-8-19(3,10-20)11-21)22-16(23)13-6-4-5-7-14(13)17(22)24;/h4-7,12,15H,8-11,20H2,1-3H3;1H. The summed E-state index contributed by atoms with van der Waals surface area (Å²) in [6, 6.07) is 5.95. The van der Waals surface area contributed by atoms with Crippen molar-refractivity contribution in [2.24, 2.45) is 17.1 Å². The molecule has 26 heavy (non-hydrogen) atoms. The van der Waals surface area contributed by atoms with Crippen molar-refractivity contribution in [2.45, 2.75) is 33.2 Å². The van der Waals surface area contributed by atoms with E-state index in [4.69, 9.17) is 5.73 Å². The predicted octanol–water partition coefficient (Wildman–Crippen LogP) is 1.93. The van der Waals surface area contributed by atoms with Crippen LogP contribution in [0.25, 0.3) is 0 Å². The number of nitrogens with two attached hydrogens (primary N) is 1.